The smallest absolute Gasteiger partial charge is 0.235 e. The summed E-state index contributed by atoms with van der Waals surface area (Å²) in [4.78, 5) is 10.5. The van der Waals surface area contributed by atoms with Crippen molar-refractivity contribution in [3.8, 4) is 34.4 Å². The summed E-state index contributed by atoms with van der Waals surface area (Å²) in [6, 6.07) is 50.5. The molecule has 0 spiro atoms. The van der Waals surface area contributed by atoms with Crippen molar-refractivity contribution in [2.75, 3.05) is 0 Å². The highest BCUT2D eigenvalue weighted by Crippen LogP contribution is 2.47. The van der Waals surface area contributed by atoms with E-state index in [4.69, 9.17) is 19.1 Å². The van der Waals surface area contributed by atoms with E-state index in [-0.39, 0.29) is 0 Å². The molecule has 1 aliphatic heterocycles. The minimum absolute atomic E-state index is 0.619. The topological polar surface area (TPSA) is 58.0 Å². The second-order valence-corrected chi connectivity index (χ2v) is 12.9. The summed E-state index contributed by atoms with van der Waals surface area (Å²) in [5, 5.41) is 7.67. The number of benzene rings is 7. The first-order valence-corrected chi connectivity index (χ1v) is 16.8. The van der Waals surface area contributed by atoms with E-state index in [1.54, 1.807) is 0 Å². The molecule has 0 atom stereocenters. The number of nitrogens with zero attached hydrogens (tertiary/aromatic N) is 4. The zero-order valence-corrected chi connectivity index (χ0v) is 26.5. The number of hydrogen-bond donors (Lipinski definition) is 0. The molecule has 12 rings (SSSR count). The van der Waals surface area contributed by atoms with Gasteiger partial charge in [0.15, 0.2) is 0 Å². The summed E-state index contributed by atoms with van der Waals surface area (Å²) >= 11 is 0. The van der Waals surface area contributed by atoms with Gasteiger partial charge in [-0.3, -0.25) is 4.57 Å². The normalized spacial score (nSPS) is 12.6. The van der Waals surface area contributed by atoms with Gasteiger partial charge in [-0.15, -0.1) is 0 Å². The summed E-state index contributed by atoms with van der Waals surface area (Å²) in [7, 11) is 0. The minimum Gasteiger partial charge on any atom is -0.456 e. The van der Waals surface area contributed by atoms with Crippen LogP contribution in [0, 0.1) is 0 Å². The van der Waals surface area contributed by atoms with Crippen molar-refractivity contribution in [3.63, 3.8) is 0 Å². The van der Waals surface area contributed by atoms with E-state index in [0.29, 0.717) is 5.95 Å². The molecule has 4 aromatic heterocycles. The van der Waals surface area contributed by atoms with E-state index < -0.39 is 0 Å². The van der Waals surface area contributed by atoms with E-state index in [1.165, 1.54) is 0 Å². The quantitative estimate of drug-likeness (QED) is 0.189. The van der Waals surface area contributed by atoms with Crippen LogP contribution in [0.2, 0.25) is 0 Å². The molecule has 6 heteroatoms. The molecule has 0 fully saturated rings. The monoisotopic (exact) mass is 640 g/mol. The Morgan fingerprint density at radius 3 is 2.12 bits per heavy atom. The van der Waals surface area contributed by atoms with Crippen LogP contribution >= 0.6 is 0 Å². The van der Waals surface area contributed by atoms with Crippen LogP contribution in [-0.4, -0.2) is 19.1 Å². The van der Waals surface area contributed by atoms with Crippen LogP contribution in [0.5, 0.6) is 11.5 Å². The van der Waals surface area contributed by atoms with Gasteiger partial charge in [-0.2, -0.15) is 0 Å². The lowest BCUT2D eigenvalue weighted by atomic mass is 10.0. The Morgan fingerprint density at radius 1 is 0.460 bits per heavy atom. The predicted molar refractivity (Wildman–Crippen MR) is 201 cm³/mol. The Kier molecular flexibility index (Phi) is 4.89. The number of para-hydroxylation sites is 4. The standard InChI is InChI=1S/C44H24N4O2/c1-2-11-25(12-3-1)47-34-23-21-27-26-13-5-8-18-35(26)50-43(27)39(34)30-22-24-33-38(42(30)47)28-14-4-7-17-32(28)48(33)44-45-31-16-10-20-37-40(31)41(46-44)29-15-6-9-19-36(29)49-37/h1-24H. The second kappa shape index (κ2) is 9.36. The minimum atomic E-state index is 0.619. The van der Waals surface area contributed by atoms with Gasteiger partial charge < -0.3 is 13.7 Å². The molecule has 0 radical (unpaired) electrons. The van der Waals surface area contributed by atoms with E-state index in [0.717, 1.165) is 105 Å². The van der Waals surface area contributed by atoms with Crippen molar-refractivity contribution in [3.05, 3.63) is 146 Å². The summed E-state index contributed by atoms with van der Waals surface area (Å²) in [6.07, 6.45) is 0. The first-order chi connectivity index (χ1) is 24.8. The Morgan fingerprint density at radius 2 is 1.20 bits per heavy atom. The lowest BCUT2D eigenvalue weighted by Gasteiger charge is -2.20. The average Bonchev–Trinajstić information content (AvgIpc) is 3.83. The first-order valence-electron chi connectivity index (χ1n) is 16.8. The van der Waals surface area contributed by atoms with Gasteiger partial charge >= 0.3 is 0 Å². The fourth-order valence-electron chi connectivity index (χ4n) is 8.27. The molecule has 0 N–H and O–H groups in total. The molecular formula is C44H24N4O2. The molecule has 6 nitrogen and oxygen atoms in total. The molecular weight excluding hydrogens is 617 g/mol. The number of rotatable bonds is 2. The summed E-state index contributed by atoms with van der Waals surface area (Å²) < 4.78 is 17.6. The molecule has 0 unspecified atom stereocenters. The Hall–Kier alpha value is -6.92. The maximum absolute atomic E-state index is 6.66. The van der Waals surface area contributed by atoms with E-state index >= 15 is 0 Å². The third-order valence-corrected chi connectivity index (χ3v) is 10.3. The molecule has 5 heterocycles. The maximum Gasteiger partial charge on any atom is 0.235 e. The largest absolute Gasteiger partial charge is 0.456 e. The molecule has 1 aliphatic rings. The van der Waals surface area contributed by atoms with Gasteiger partial charge in [0.25, 0.3) is 0 Å². The zero-order valence-electron chi connectivity index (χ0n) is 26.5. The van der Waals surface area contributed by atoms with Gasteiger partial charge in [-0.25, -0.2) is 9.97 Å². The molecule has 0 amide bonds. The fourth-order valence-corrected chi connectivity index (χ4v) is 8.27. The van der Waals surface area contributed by atoms with Crippen LogP contribution in [0.15, 0.2) is 150 Å². The third kappa shape index (κ3) is 3.27. The number of fused-ring (bicyclic) bond motifs is 13. The lowest BCUT2D eigenvalue weighted by Crippen LogP contribution is -2.06. The van der Waals surface area contributed by atoms with Gasteiger partial charge in [0.2, 0.25) is 5.95 Å². The molecule has 50 heavy (non-hydrogen) atoms. The van der Waals surface area contributed by atoms with Crippen LogP contribution in [0.25, 0.3) is 99.3 Å². The van der Waals surface area contributed by atoms with Gasteiger partial charge in [0.1, 0.15) is 22.7 Å². The van der Waals surface area contributed by atoms with Gasteiger partial charge in [-0.05, 0) is 72.8 Å². The van der Waals surface area contributed by atoms with E-state index in [1.807, 2.05) is 48.5 Å². The van der Waals surface area contributed by atoms with Crippen molar-refractivity contribution in [2.45, 2.75) is 0 Å². The third-order valence-electron chi connectivity index (χ3n) is 10.3. The number of ether oxygens (including phenoxy) is 1. The number of hydrogen-bond acceptors (Lipinski definition) is 4. The van der Waals surface area contributed by atoms with Crippen LogP contribution in [0.4, 0.5) is 0 Å². The van der Waals surface area contributed by atoms with Crippen molar-refractivity contribution < 1.29 is 9.15 Å². The van der Waals surface area contributed by atoms with Gasteiger partial charge in [-0.1, -0.05) is 72.8 Å². The van der Waals surface area contributed by atoms with Gasteiger partial charge in [0, 0.05) is 38.2 Å². The second-order valence-electron chi connectivity index (χ2n) is 12.9. The molecule has 0 saturated heterocycles. The first kappa shape index (κ1) is 26.1. The summed E-state index contributed by atoms with van der Waals surface area (Å²) in [6.45, 7) is 0. The van der Waals surface area contributed by atoms with Crippen LogP contribution in [0.3, 0.4) is 0 Å². The van der Waals surface area contributed by atoms with Crippen molar-refractivity contribution >= 4 is 76.5 Å². The summed E-state index contributed by atoms with van der Waals surface area (Å²) in [5.74, 6) is 2.19. The molecule has 232 valence electrons. The Balaban J connectivity index is 1.26. The highest BCUT2D eigenvalue weighted by molar-refractivity contribution is 6.31. The highest BCUT2D eigenvalue weighted by Gasteiger charge is 2.27. The molecule has 0 bridgehead atoms. The summed E-state index contributed by atoms with van der Waals surface area (Å²) in [5.41, 5.74) is 9.84. The average molecular weight is 641 g/mol. The Labute approximate surface area is 284 Å². The van der Waals surface area contributed by atoms with Crippen LogP contribution in [0.1, 0.15) is 0 Å². The molecule has 11 aromatic rings. The van der Waals surface area contributed by atoms with Crippen LogP contribution in [-0.2, 0) is 0 Å². The van der Waals surface area contributed by atoms with Crippen molar-refractivity contribution in [1.29, 1.82) is 0 Å². The van der Waals surface area contributed by atoms with Gasteiger partial charge in [0.05, 0.1) is 44.0 Å². The molecule has 0 saturated carbocycles. The lowest BCUT2D eigenvalue weighted by molar-refractivity contribution is 0.486. The van der Waals surface area contributed by atoms with E-state index in [9.17, 15) is 0 Å². The zero-order chi connectivity index (χ0) is 32.5. The fraction of sp³-hybridized carbons (Fsp3) is 0. The molecule has 0 aliphatic carbocycles. The molecule has 7 aromatic carbocycles. The van der Waals surface area contributed by atoms with Crippen LogP contribution < -0.4 is 4.74 Å². The van der Waals surface area contributed by atoms with Crippen molar-refractivity contribution in [1.82, 2.24) is 19.1 Å². The SMILES string of the molecule is c1ccc(-n2c3ccc4c5ccccc5oc4c3c3ccc4c(c5ccccc5n4-c4nc5c6c(cccc6n4)Oc4ccccc4-5)c32)cc1. The highest BCUT2D eigenvalue weighted by atomic mass is 16.5. The van der Waals surface area contributed by atoms with E-state index in [2.05, 4.69) is 106 Å². The number of aromatic nitrogens is 4. The van der Waals surface area contributed by atoms with Crippen molar-refractivity contribution in [2.24, 2.45) is 0 Å². The number of furan rings is 1. The maximum atomic E-state index is 6.66. The predicted octanol–water partition coefficient (Wildman–Crippen LogP) is 11.5. The Bertz CT molecular complexity index is 3240.